The minimum atomic E-state index is 0.0554. The molecule has 1 N–H and O–H groups in total. The lowest BCUT2D eigenvalue weighted by Crippen LogP contribution is -1.98. The van der Waals surface area contributed by atoms with Crippen molar-refractivity contribution in [3.8, 4) is 5.75 Å². The van der Waals surface area contributed by atoms with Gasteiger partial charge in [-0.3, -0.25) is 4.79 Å². The Morgan fingerprint density at radius 1 is 1.43 bits per heavy atom. The number of Topliss-reactive ketones (excluding diaryl/α,β-unsaturated/α-hetero) is 1. The first kappa shape index (κ1) is 10.8. The van der Waals surface area contributed by atoms with Gasteiger partial charge in [-0.25, -0.2) is 0 Å². The molecule has 0 unspecified atom stereocenters. The second-order valence-corrected chi connectivity index (χ2v) is 3.60. The summed E-state index contributed by atoms with van der Waals surface area (Å²) < 4.78 is 0. The molecule has 0 atom stereocenters. The molecule has 0 saturated carbocycles. The van der Waals surface area contributed by atoms with Gasteiger partial charge in [0, 0.05) is 5.56 Å². The second kappa shape index (κ2) is 4.27. The molecule has 0 saturated heterocycles. The average Bonchev–Trinajstić information content (AvgIpc) is 2.09. The molecule has 14 heavy (non-hydrogen) atoms. The van der Waals surface area contributed by atoms with E-state index in [2.05, 4.69) is 0 Å². The van der Waals surface area contributed by atoms with Gasteiger partial charge in [-0.1, -0.05) is 13.3 Å². The van der Waals surface area contributed by atoms with Crippen LogP contribution in [0.15, 0.2) is 12.1 Å². The molecule has 0 amide bonds. The molecule has 0 fully saturated rings. The van der Waals surface area contributed by atoms with Crippen molar-refractivity contribution in [1.82, 2.24) is 0 Å². The van der Waals surface area contributed by atoms with Gasteiger partial charge in [0.05, 0.1) is 0 Å². The molecule has 1 aromatic rings. The molecule has 2 nitrogen and oxygen atoms in total. The van der Waals surface area contributed by atoms with E-state index in [0.29, 0.717) is 11.3 Å². The fraction of sp³-hybridized carbons (Fsp3) is 0.417. The molecule has 0 aromatic heterocycles. The molecular formula is C12H16O2. The maximum absolute atomic E-state index is 11.3. The number of rotatable bonds is 3. The predicted molar refractivity (Wildman–Crippen MR) is 56.8 cm³/mol. The van der Waals surface area contributed by atoms with Crippen molar-refractivity contribution < 1.29 is 9.90 Å². The minimum Gasteiger partial charge on any atom is -0.508 e. The lowest BCUT2D eigenvalue weighted by atomic mass is 9.99. The van der Waals surface area contributed by atoms with Gasteiger partial charge in [0.15, 0.2) is 5.78 Å². The highest BCUT2D eigenvalue weighted by atomic mass is 16.3. The number of phenolic OH excluding ortho intramolecular Hbond substituents is 1. The van der Waals surface area contributed by atoms with Crippen LogP contribution >= 0.6 is 0 Å². The van der Waals surface area contributed by atoms with Crippen LogP contribution < -0.4 is 0 Å². The summed E-state index contributed by atoms with van der Waals surface area (Å²) in [7, 11) is 0. The first-order valence-electron chi connectivity index (χ1n) is 4.89. The van der Waals surface area contributed by atoms with Crippen LogP contribution in [-0.4, -0.2) is 10.9 Å². The Bertz CT molecular complexity index is 354. The summed E-state index contributed by atoms with van der Waals surface area (Å²) in [5.74, 6) is 0.356. The van der Waals surface area contributed by atoms with E-state index >= 15 is 0 Å². The van der Waals surface area contributed by atoms with Gasteiger partial charge in [-0.05, 0) is 43.5 Å². The van der Waals surface area contributed by atoms with Crippen LogP contribution in [0.4, 0.5) is 0 Å². The lowest BCUT2D eigenvalue weighted by Gasteiger charge is -2.08. The molecule has 76 valence electrons. The zero-order valence-electron chi connectivity index (χ0n) is 8.92. The van der Waals surface area contributed by atoms with Gasteiger partial charge < -0.3 is 5.11 Å². The summed E-state index contributed by atoms with van der Waals surface area (Å²) in [5, 5.41) is 9.62. The molecular weight excluding hydrogens is 176 g/mol. The van der Waals surface area contributed by atoms with Gasteiger partial charge in [0.1, 0.15) is 5.75 Å². The van der Waals surface area contributed by atoms with Crippen LogP contribution in [0.2, 0.25) is 0 Å². The predicted octanol–water partition coefficient (Wildman–Crippen LogP) is 2.86. The van der Waals surface area contributed by atoms with Crippen molar-refractivity contribution in [3.63, 3.8) is 0 Å². The van der Waals surface area contributed by atoms with Crippen LogP contribution in [0.1, 0.15) is 41.8 Å². The first-order chi connectivity index (χ1) is 6.56. The Balaban J connectivity index is 3.20. The molecule has 1 rings (SSSR count). The number of hydrogen-bond acceptors (Lipinski definition) is 2. The molecule has 0 radical (unpaired) electrons. The Hall–Kier alpha value is -1.31. The van der Waals surface area contributed by atoms with Crippen LogP contribution in [0.25, 0.3) is 0 Å². The number of ketones is 1. The SMILES string of the molecule is CCCc1cc(C(C)=O)c(C)cc1O. The normalized spacial score (nSPS) is 10.2. The fourth-order valence-corrected chi connectivity index (χ4v) is 1.59. The monoisotopic (exact) mass is 192 g/mol. The Morgan fingerprint density at radius 2 is 2.07 bits per heavy atom. The largest absolute Gasteiger partial charge is 0.508 e. The highest BCUT2D eigenvalue weighted by Crippen LogP contribution is 2.23. The topological polar surface area (TPSA) is 37.3 Å². The number of phenols is 1. The van der Waals surface area contributed by atoms with Gasteiger partial charge in [0.25, 0.3) is 0 Å². The third-order valence-corrected chi connectivity index (χ3v) is 2.32. The molecule has 2 heteroatoms. The van der Waals surface area contributed by atoms with Gasteiger partial charge >= 0.3 is 0 Å². The number of carbonyl (C=O) groups is 1. The van der Waals surface area contributed by atoms with Gasteiger partial charge in [-0.15, -0.1) is 0 Å². The zero-order valence-corrected chi connectivity index (χ0v) is 8.92. The van der Waals surface area contributed by atoms with Gasteiger partial charge in [0.2, 0.25) is 0 Å². The summed E-state index contributed by atoms with van der Waals surface area (Å²) in [6.45, 7) is 5.44. The molecule has 0 spiro atoms. The quantitative estimate of drug-likeness (QED) is 0.748. The van der Waals surface area contributed by atoms with Crippen LogP contribution in [-0.2, 0) is 6.42 Å². The molecule has 0 bridgehead atoms. The summed E-state index contributed by atoms with van der Waals surface area (Å²) in [4.78, 5) is 11.3. The number of benzene rings is 1. The molecule has 0 aliphatic heterocycles. The molecule has 0 aliphatic carbocycles. The first-order valence-corrected chi connectivity index (χ1v) is 4.89. The lowest BCUT2D eigenvalue weighted by molar-refractivity contribution is 0.101. The van der Waals surface area contributed by atoms with E-state index < -0.39 is 0 Å². The van der Waals surface area contributed by atoms with E-state index in [4.69, 9.17) is 0 Å². The molecule has 0 aliphatic rings. The highest BCUT2D eigenvalue weighted by molar-refractivity contribution is 5.95. The zero-order chi connectivity index (χ0) is 10.7. The standard InChI is InChI=1S/C12H16O2/c1-4-5-10-7-11(9(3)13)8(2)6-12(10)14/h6-7,14H,4-5H2,1-3H3. The average molecular weight is 192 g/mol. The van der Waals surface area contributed by atoms with E-state index in [1.807, 2.05) is 13.8 Å². The Morgan fingerprint density at radius 3 is 2.57 bits per heavy atom. The highest BCUT2D eigenvalue weighted by Gasteiger charge is 2.08. The van der Waals surface area contributed by atoms with E-state index in [1.165, 1.54) is 0 Å². The van der Waals surface area contributed by atoms with E-state index in [1.54, 1.807) is 19.1 Å². The van der Waals surface area contributed by atoms with Crippen molar-refractivity contribution in [2.75, 3.05) is 0 Å². The van der Waals surface area contributed by atoms with Crippen molar-refractivity contribution in [2.45, 2.75) is 33.6 Å². The van der Waals surface area contributed by atoms with E-state index in [0.717, 1.165) is 24.0 Å². The summed E-state index contributed by atoms with van der Waals surface area (Å²) in [6.07, 6.45) is 1.78. The smallest absolute Gasteiger partial charge is 0.160 e. The number of aryl methyl sites for hydroxylation is 2. The summed E-state index contributed by atoms with van der Waals surface area (Å²) in [5.41, 5.74) is 2.42. The fourth-order valence-electron chi connectivity index (χ4n) is 1.59. The number of hydrogen-bond donors (Lipinski definition) is 1. The third-order valence-electron chi connectivity index (χ3n) is 2.32. The van der Waals surface area contributed by atoms with E-state index in [-0.39, 0.29) is 5.78 Å². The van der Waals surface area contributed by atoms with Crippen molar-refractivity contribution >= 4 is 5.78 Å². The van der Waals surface area contributed by atoms with Gasteiger partial charge in [-0.2, -0.15) is 0 Å². The number of aromatic hydroxyl groups is 1. The second-order valence-electron chi connectivity index (χ2n) is 3.60. The minimum absolute atomic E-state index is 0.0554. The summed E-state index contributed by atoms with van der Waals surface area (Å²) in [6, 6.07) is 3.47. The van der Waals surface area contributed by atoms with Crippen LogP contribution in [0, 0.1) is 6.92 Å². The van der Waals surface area contributed by atoms with Crippen molar-refractivity contribution in [3.05, 3.63) is 28.8 Å². The third kappa shape index (κ3) is 2.13. The summed E-state index contributed by atoms with van der Waals surface area (Å²) >= 11 is 0. The molecule has 1 aromatic carbocycles. The maximum atomic E-state index is 11.3. The van der Waals surface area contributed by atoms with Crippen LogP contribution in [0.3, 0.4) is 0 Å². The number of carbonyl (C=O) groups excluding carboxylic acids is 1. The Kier molecular flexibility index (Phi) is 3.28. The Labute approximate surface area is 84.6 Å². The van der Waals surface area contributed by atoms with E-state index in [9.17, 15) is 9.90 Å². The van der Waals surface area contributed by atoms with Crippen molar-refractivity contribution in [1.29, 1.82) is 0 Å². The molecule has 0 heterocycles. The van der Waals surface area contributed by atoms with Crippen LogP contribution in [0.5, 0.6) is 5.75 Å². The van der Waals surface area contributed by atoms with Crippen molar-refractivity contribution in [2.24, 2.45) is 0 Å². The maximum Gasteiger partial charge on any atom is 0.160 e.